The van der Waals surface area contributed by atoms with Crippen molar-refractivity contribution in [1.82, 2.24) is 10.2 Å². The molecule has 1 saturated heterocycles. The first-order valence-corrected chi connectivity index (χ1v) is 14.0. The van der Waals surface area contributed by atoms with Crippen LogP contribution in [-0.2, 0) is 6.42 Å². The highest BCUT2D eigenvalue weighted by molar-refractivity contribution is 7.20. The van der Waals surface area contributed by atoms with Gasteiger partial charge in [-0.15, -0.1) is 11.3 Å². The van der Waals surface area contributed by atoms with Gasteiger partial charge >= 0.3 is 0 Å². The van der Waals surface area contributed by atoms with Gasteiger partial charge in [0, 0.05) is 49.2 Å². The first-order valence-electron chi connectivity index (χ1n) is 13.1. The van der Waals surface area contributed by atoms with E-state index in [9.17, 15) is 15.2 Å². The monoisotopic (exact) mass is 545 g/mol. The molecule has 0 radical (unpaired) electrons. The molecule has 1 aliphatic heterocycles. The minimum absolute atomic E-state index is 0.176. The molecular weight excluding hydrogens is 510 g/mol. The van der Waals surface area contributed by atoms with E-state index in [1.165, 1.54) is 0 Å². The number of hydrogen-bond acceptors (Lipinski definition) is 8. The first kappa shape index (κ1) is 28.3. The minimum Gasteiger partial charge on any atom is -0.495 e. The Morgan fingerprint density at radius 3 is 2.74 bits per heavy atom. The molecule has 1 atom stereocenters. The number of thiophene rings is 1. The molecule has 0 spiro atoms. The van der Waals surface area contributed by atoms with Gasteiger partial charge in [-0.25, -0.2) is 0 Å². The SMILES string of the molecule is CNC(=O)c1ccc(NCC#Cc2sc3c(NC4CCN(CC(C)O)CC4)cccc3c2CC#N)c(OC)c1. The number of benzene rings is 2. The normalized spacial score (nSPS) is 14.6. The Hall–Kier alpha value is -3.76. The third-order valence-corrected chi connectivity index (χ3v) is 8.00. The van der Waals surface area contributed by atoms with Crippen molar-refractivity contribution in [3.63, 3.8) is 0 Å². The van der Waals surface area contributed by atoms with Crippen molar-refractivity contribution in [2.75, 3.05) is 51.0 Å². The summed E-state index contributed by atoms with van der Waals surface area (Å²) in [6, 6.07) is 14.1. The van der Waals surface area contributed by atoms with Crippen molar-refractivity contribution >= 4 is 38.7 Å². The molecule has 0 aliphatic carbocycles. The van der Waals surface area contributed by atoms with Crippen LogP contribution < -0.4 is 20.7 Å². The van der Waals surface area contributed by atoms with Crippen molar-refractivity contribution in [3.8, 4) is 23.7 Å². The number of rotatable bonds is 9. The number of nitrogens with one attached hydrogen (secondary N) is 3. The number of methoxy groups -OCH3 is 1. The average molecular weight is 546 g/mol. The van der Waals surface area contributed by atoms with E-state index in [-0.39, 0.29) is 12.0 Å². The van der Waals surface area contributed by atoms with E-state index in [1.807, 2.05) is 13.0 Å². The fraction of sp³-hybridized carbons (Fsp3) is 0.400. The summed E-state index contributed by atoms with van der Waals surface area (Å²) >= 11 is 1.62. The molecule has 3 aromatic rings. The van der Waals surface area contributed by atoms with E-state index < -0.39 is 0 Å². The van der Waals surface area contributed by atoms with Gasteiger partial charge in [0.1, 0.15) is 5.75 Å². The number of β-amino-alcohol motifs (C(OH)–C–C–N with tert-alkyl or cyclic N) is 1. The highest BCUT2D eigenvalue weighted by Gasteiger charge is 2.21. The summed E-state index contributed by atoms with van der Waals surface area (Å²) in [5.74, 6) is 6.86. The van der Waals surface area contributed by atoms with Crippen LogP contribution in [0.4, 0.5) is 11.4 Å². The molecule has 8 nitrogen and oxygen atoms in total. The molecule has 204 valence electrons. The molecule has 0 saturated carbocycles. The molecule has 4 rings (SSSR count). The Morgan fingerprint density at radius 1 is 1.26 bits per heavy atom. The van der Waals surface area contributed by atoms with Crippen LogP contribution in [0.15, 0.2) is 36.4 Å². The zero-order valence-electron chi connectivity index (χ0n) is 22.6. The van der Waals surface area contributed by atoms with Crippen molar-refractivity contribution in [3.05, 3.63) is 52.4 Å². The topological polar surface area (TPSA) is 110 Å². The number of anilines is 2. The lowest BCUT2D eigenvalue weighted by atomic mass is 10.0. The van der Waals surface area contributed by atoms with Gasteiger partial charge < -0.3 is 30.7 Å². The van der Waals surface area contributed by atoms with E-state index in [0.717, 1.165) is 64.4 Å². The van der Waals surface area contributed by atoms with Crippen molar-refractivity contribution in [2.45, 2.75) is 38.3 Å². The van der Waals surface area contributed by atoms with Crippen LogP contribution in [0.5, 0.6) is 5.75 Å². The van der Waals surface area contributed by atoms with E-state index in [1.54, 1.807) is 43.7 Å². The second-order valence-electron chi connectivity index (χ2n) is 9.64. The lowest BCUT2D eigenvalue weighted by Gasteiger charge is -2.33. The van der Waals surface area contributed by atoms with Crippen molar-refractivity contribution < 1.29 is 14.6 Å². The number of fused-ring (bicyclic) bond motifs is 1. The van der Waals surface area contributed by atoms with Gasteiger partial charge in [0.15, 0.2) is 0 Å². The highest BCUT2D eigenvalue weighted by Crippen LogP contribution is 2.37. The number of hydrogen-bond donors (Lipinski definition) is 4. The molecule has 2 heterocycles. The molecule has 9 heteroatoms. The summed E-state index contributed by atoms with van der Waals surface area (Å²) in [5.41, 5.74) is 3.32. The number of nitriles is 1. The van der Waals surface area contributed by atoms with Crippen molar-refractivity contribution in [1.29, 1.82) is 5.26 Å². The summed E-state index contributed by atoms with van der Waals surface area (Å²) in [5, 5.41) is 29.9. The Morgan fingerprint density at radius 2 is 2.05 bits per heavy atom. The maximum Gasteiger partial charge on any atom is 0.251 e. The maximum absolute atomic E-state index is 11.9. The zero-order chi connectivity index (χ0) is 27.8. The standard InChI is InChI=1S/C30H35N5O3S/c1-20(36)19-35-16-12-22(13-17-35)34-26-7-4-6-24-23(11-14-31)28(39-29(24)26)8-5-15-33-25-10-9-21(30(37)32-2)18-27(25)38-3/h4,6-7,9-10,18,20,22,33-34,36H,11-13,15-17,19H2,1-3H3,(H,32,37). The van der Waals surface area contributed by atoms with Crippen molar-refractivity contribution in [2.24, 2.45) is 0 Å². The minimum atomic E-state index is -0.306. The first-order chi connectivity index (χ1) is 18.9. The third-order valence-electron chi connectivity index (χ3n) is 6.80. The number of aliphatic hydroxyl groups is 1. The van der Waals surface area contributed by atoms with E-state index in [0.29, 0.717) is 30.3 Å². The van der Waals surface area contributed by atoms with E-state index >= 15 is 0 Å². The highest BCUT2D eigenvalue weighted by atomic mass is 32.1. The fourth-order valence-electron chi connectivity index (χ4n) is 4.88. The molecule has 39 heavy (non-hydrogen) atoms. The second kappa shape index (κ2) is 13.3. The molecule has 0 bridgehead atoms. The lowest BCUT2D eigenvalue weighted by molar-refractivity contribution is 0.0962. The summed E-state index contributed by atoms with van der Waals surface area (Å²) < 4.78 is 6.56. The number of piperidine rings is 1. The number of likely N-dealkylation sites (tertiary alicyclic amines) is 1. The number of aliphatic hydroxyl groups excluding tert-OH is 1. The largest absolute Gasteiger partial charge is 0.495 e. The quantitative estimate of drug-likeness (QED) is 0.300. The molecular formula is C30H35N5O3S. The van der Waals surface area contributed by atoms with Gasteiger partial charge in [0.05, 0.1) is 53.2 Å². The van der Waals surface area contributed by atoms with Crippen LogP contribution in [0.25, 0.3) is 10.1 Å². The number of nitrogens with zero attached hydrogens (tertiary/aromatic N) is 2. The van der Waals surface area contributed by atoms with Crippen LogP contribution >= 0.6 is 11.3 Å². The van der Waals surface area contributed by atoms with Gasteiger partial charge in [-0.05, 0) is 44.0 Å². The van der Waals surface area contributed by atoms with Crippen LogP contribution in [0.2, 0.25) is 0 Å². The molecule has 4 N–H and O–H groups in total. The number of amides is 1. The smallest absolute Gasteiger partial charge is 0.251 e. The van der Waals surface area contributed by atoms with Crippen LogP contribution in [0, 0.1) is 23.2 Å². The Bertz CT molecular complexity index is 1410. The zero-order valence-corrected chi connectivity index (χ0v) is 23.5. The van der Waals surface area contributed by atoms with Gasteiger partial charge in [-0.2, -0.15) is 5.26 Å². The lowest BCUT2D eigenvalue weighted by Crippen LogP contribution is -2.41. The summed E-state index contributed by atoms with van der Waals surface area (Å²) in [7, 11) is 3.16. The molecule has 1 fully saturated rings. The number of carbonyl (C=O) groups is 1. The Labute approximate surface area is 234 Å². The molecule has 1 unspecified atom stereocenters. The van der Waals surface area contributed by atoms with E-state index in [4.69, 9.17) is 4.74 Å². The average Bonchev–Trinajstić information content (AvgIpc) is 3.29. The van der Waals surface area contributed by atoms with E-state index in [2.05, 4.69) is 50.9 Å². The molecule has 1 aliphatic rings. The fourth-order valence-corrected chi connectivity index (χ4v) is 6.05. The van der Waals surface area contributed by atoms with Crippen LogP contribution in [0.1, 0.15) is 40.6 Å². The predicted molar refractivity (Wildman–Crippen MR) is 158 cm³/mol. The summed E-state index contributed by atoms with van der Waals surface area (Å²) in [6.45, 7) is 4.86. The van der Waals surface area contributed by atoms with Gasteiger partial charge in [0.25, 0.3) is 5.91 Å². The van der Waals surface area contributed by atoms with Crippen LogP contribution in [-0.4, -0.2) is 68.4 Å². The third kappa shape index (κ3) is 7.01. The molecule has 1 amide bonds. The van der Waals surface area contributed by atoms with Gasteiger partial charge in [-0.1, -0.05) is 24.0 Å². The molecule has 2 aromatic carbocycles. The van der Waals surface area contributed by atoms with Gasteiger partial charge in [-0.3, -0.25) is 4.79 Å². The number of carbonyl (C=O) groups excluding carboxylic acids is 1. The number of ether oxygens (including phenoxy) is 1. The Balaban J connectivity index is 1.49. The predicted octanol–water partition coefficient (Wildman–Crippen LogP) is 4.06. The Kier molecular flexibility index (Phi) is 9.67. The maximum atomic E-state index is 11.9. The summed E-state index contributed by atoms with van der Waals surface area (Å²) in [6.07, 6.45) is 2.03. The molecule has 1 aromatic heterocycles. The van der Waals surface area contributed by atoms with Gasteiger partial charge in [0.2, 0.25) is 0 Å². The summed E-state index contributed by atoms with van der Waals surface area (Å²) in [4.78, 5) is 15.1. The van der Waals surface area contributed by atoms with Crippen LogP contribution in [0.3, 0.4) is 0 Å². The second-order valence-corrected chi connectivity index (χ2v) is 10.7.